The molecule has 0 aromatic carbocycles. The Bertz CT molecular complexity index is 473. The third kappa shape index (κ3) is 6.29. The van der Waals surface area contributed by atoms with Gasteiger partial charge in [0.15, 0.2) is 0 Å². The van der Waals surface area contributed by atoms with E-state index in [1.165, 1.54) is 84.0 Å². The first-order valence-corrected chi connectivity index (χ1v) is 12.9. The summed E-state index contributed by atoms with van der Waals surface area (Å²) in [5, 5.41) is 0. The van der Waals surface area contributed by atoms with E-state index in [2.05, 4.69) is 23.6 Å². The number of rotatable bonds is 4. The van der Waals surface area contributed by atoms with Crippen LogP contribution in [0.2, 0.25) is 0 Å². The van der Waals surface area contributed by atoms with Gasteiger partial charge in [0.05, 0.1) is 0 Å². The van der Waals surface area contributed by atoms with Gasteiger partial charge in [0.2, 0.25) is 0 Å². The van der Waals surface area contributed by atoms with Crippen molar-refractivity contribution in [3.8, 4) is 0 Å². The Hall–Kier alpha value is -0.410. The van der Waals surface area contributed by atoms with Crippen molar-refractivity contribution in [1.82, 2.24) is 9.80 Å². The fraction of sp³-hybridized carbons (Fsp3) is 0.962. The van der Waals surface area contributed by atoms with E-state index in [0.717, 1.165) is 35.6 Å². The molecule has 2 heterocycles. The molecule has 4 fully saturated rings. The van der Waals surface area contributed by atoms with Gasteiger partial charge in [0, 0.05) is 18.0 Å². The van der Waals surface area contributed by atoms with Crippen LogP contribution in [0.4, 0.5) is 0 Å². The van der Waals surface area contributed by atoms with Crippen LogP contribution in [-0.4, -0.2) is 54.3 Å². The van der Waals surface area contributed by atoms with Crippen LogP contribution in [0.3, 0.4) is 0 Å². The highest BCUT2D eigenvalue weighted by atomic mass is 16.1. The molecule has 0 aromatic heterocycles. The second kappa shape index (κ2) is 10.8. The second-order valence-electron chi connectivity index (χ2n) is 11.4. The maximum Gasteiger partial charge on any atom is 0.122 e. The zero-order chi connectivity index (χ0) is 20.9. The Morgan fingerprint density at radius 3 is 1.72 bits per heavy atom. The lowest BCUT2D eigenvalue weighted by Gasteiger charge is -2.55. The maximum absolute atomic E-state index is 9.50. The van der Waals surface area contributed by atoms with Gasteiger partial charge in [-0.25, -0.2) is 0 Å². The van der Waals surface area contributed by atoms with Gasteiger partial charge in [0.1, 0.15) is 6.29 Å². The highest BCUT2D eigenvalue weighted by Gasteiger charge is 2.47. The average Bonchev–Trinajstić information content (AvgIpc) is 2.73. The Morgan fingerprint density at radius 2 is 1.24 bits per heavy atom. The van der Waals surface area contributed by atoms with Crippen LogP contribution in [0.25, 0.3) is 0 Å². The fourth-order valence-corrected chi connectivity index (χ4v) is 6.48. The second-order valence-corrected chi connectivity index (χ2v) is 11.4. The van der Waals surface area contributed by atoms with Gasteiger partial charge in [-0.05, 0) is 94.8 Å². The lowest BCUT2D eigenvalue weighted by molar-refractivity contribution is -0.110. The van der Waals surface area contributed by atoms with Gasteiger partial charge in [-0.3, -0.25) is 0 Å². The first-order valence-electron chi connectivity index (χ1n) is 12.9. The minimum atomic E-state index is 0.204. The Morgan fingerprint density at radius 1 is 0.759 bits per heavy atom. The largest absolute Gasteiger partial charge is 0.303 e. The lowest BCUT2D eigenvalue weighted by atomic mass is 9.58. The molecule has 0 aromatic rings. The van der Waals surface area contributed by atoms with Crippen LogP contribution in [0.1, 0.15) is 98.3 Å². The number of aldehydes is 1. The van der Waals surface area contributed by atoms with Crippen molar-refractivity contribution in [1.29, 1.82) is 0 Å². The van der Waals surface area contributed by atoms with Crippen molar-refractivity contribution in [2.45, 2.75) is 110 Å². The molecule has 0 amide bonds. The molecule has 2 aliphatic heterocycles. The van der Waals surface area contributed by atoms with E-state index in [9.17, 15) is 4.79 Å². The first-order chi connectivity index (χ1) is 13.9. The van der Waals surface area contributed by atoms with E-state index in [1.54, 1.807) is 12.8 Å². The van der Waals surface area contributed by atoms with Gasteiger partial charge in [0.25, 0.3) is 0 Å². The number of nitrogens with zero attached hydrogens (tertiary/aromatic N) is 2. The molecule has 168 valence electrons. The van der Waals surface area contributed by atoms with Crippen molar-refractivity contribution < 1.29 is 4.79 Å². The Balaban J connectivity index is 0.000000431. The molecule has 2 aliphatic carbocycles. The van der Waals surface area contributed by atoms with Crippen LogP contribution in [-0.2, 0) is 4.79 Å². The third-order valence-electron chi connectivity index (χ3n) is 8.57. The Labute approximate surface area is 181 Å². The Kier molecular flexibility index (Phi) is 8.62. The molecule has 0 N–H and O–H groups in total. The highest BCUT2D eigenvalue weighted by molar-refractivity contribution is 5.51. The standard InChI is InChI=1S/C22H40N2.C4H8O/c1-18(2)19-6-12-23(13-7-19)20-8-14-24(15-9-20)21-16-22(17-21)10-4-3-5-11-22;1-4(2)3-5/h18-21H,3-17H2,1-2H3;3-4H,1-2H3. The summed E-state index contributed by atoms with van der Waals surface area (Å²) >= 11 is 0. The molecular formula is C26H48N2O. The summed E-state index contributed by atoms with van der Waals surface area (Å²) in [5.74, 6) is 2.08. The molecule has 2 saturated heterocycles. The molecular weight excluding hydrogens is 356 g/mol. The van der Waals surface area contributed by atoms with Crippen molar-refractivity contribution >= 4 is 6.29 Å². The van der Waals surface area contributed by atoms with Crippen molar-refractivity contribution in [2.75, 3.05) is 26.2 Å². The molecule has 0 bridgehead atoms. The molecule has 3 heteroatoms. The number of hydrogen-bond donors (Lipinski definition) is 0. The quantitative estimate of drug-likeness (QED) is 0.555. The van der Waals surface area contributed by atoms with Gasteiger partial charge >= 0.3 is 0 Å². The number of likely N-dealkylation sites (tertiary alicyclic amines) is 2. The van der Waals surface area contributed by atoms with E-state index in [1.807, 2.05) is 13.8 Å². The molecule has 29 heavy (non-hydrogen) atoms. The van der Waals surface area contributed by atoms with Gasteiger partial charge < -0.3 is 14.6 Å². The molecule has 4 rings (SSSR count). The van der Waals surface area contributed by atoms with E-state index in [0.29, 0.717) is 0 Å². The number of carbonyl (C=O) groups is 1. The minimum absolute atomic E-state index is 0.204. The van der Waals surface area contributed by atoms with E-state index >= 15 is 0 Å². The monoisotopic (exact) mass is 404 g/mol. The predicted octanol–water partition coefficient (Wildman–Crippen LogP) is 5.77. The highest BCUT2D eigenvalue weighted by Crippen LogP contribution is 2.53. The van der Waals surface area contributed by atoms with Crippen molar-refractivity contribution in [3.63, 3.8) is 0 Å². The molecule has 3 nitrogen and oxygen atoms in total. The smallest absolute Gasteiger partial charge is 0.122 e. The normalized spacial score (nSPS) is 27.7. The molecule has 1 spiro atoms. The summed E-state index contributed by atoms with van der Waals surface area (Å²) in [7, 11) is 0. The van der Waals surface area contributed by atoms with Crippen LogP contribution in [0, 0.1) is 23.2 Å². The minimum Gasteiger partial charge on any atom is -0.303 e. The van der Waals surface area contributed by atoms with Gasteiger partial charge in [-0.2, -0.15) is 0 Å². The fourth-order valence-electron chi connectivity index (χ4n) is 6.48. The maximum atomic E-state index is 9.50. The predicted molar refractivity (Wildman–Crippen MR) is 123 cm³/mol. The zero-order valence-corrected chi connectivity index (χ0v) is 19.9. The molecule has 0 unspecified atom stereocenters. The summed E-state index contributed by atoms with van der Waals surface area (Å²) in [4.78, 5) is 15.2. The van der Waals surface area contributed by atoms with Crippen LogP contribution >= 0.6 is 0 Å². The van der Waals surface area contributed by atoms with Crippen LogP contribution < -0.4 is 0 Å². The molecule has 2 saturated carbocycles. The van der Waals surface area contributed by atoms with E-state index in [4.69, 9.17) is 0 Å². The first kappa shape index (κ1) is 23.3. The summed E-state index contributed by atoms with van der Waals surface area (Å²) in [6, 6.07) is 1.86. The third-order valence-corrected chi connectivity index (χ3v) is 8.57. The van der Waals surface area contributed by atoms with Crippen molar-refractivity contribution in [2.24, 2.45) is 23.2 Å². The number of hydrogen-bond acceptors (Lipinski definition) is 3. The van der Waals surface area contributed by atoms with E-state index in [-0.39, 0.29) is 5.92 Å². The van der Waals surface area contributed by atoms with Crippen LogP contribution in [0.5, 0.6) is 0 Å². The number of carbonyl (C=O) groups excluding carboxylic acids is 1. The summed E-state index contributed by atoms with van der Waals surface area (Å²) in [6.45, 7) is 14.1. The number of piperidine rings is 2. The van der Waals surface area contributed by atoms with Gasteiger partial charge in [-0.1, -0.05) is 47.0 Å². The van der Waals surface area contributed by atoms with Gasteiger partial charge in [-0.15, -0.1) is 0 Å². The molecule has 4 aliphatic rings. The zero-order valence-electron chi connectivity index (χ0n) is 19.9. The summed E-state index contributed by atoms with van der Waals surface area (Å²) in [6.07, 6.45) is 17.4. The SMILES string of the molecule is CC(C)C1CCN(C2CCN(C3CC4(CCCCC4)C3)CC2)CC1.CC(C)C=O. The molecule has 0 atom stereocenters. The van der Waals surface area contributed by atoms with E-state index < -0.39 is 0 Å². The lowest BCUT2D eigenvalue weighted by Crippen LogP contribution is -2.56. The average molecular weight is 405 g/mol. The molecule has 0 radical (unpaired) electrons. The topological polar surface area (TPSA) is 23.6 Å². The van der Waals surface area contributed by atoms with Crippen LogP contribution in [0.15, 0.2) is 0 Å². The van der Waals surface area contributed by atoms with Crippen molar-refractivity contribution in [3.05, 3.63) is 0 Å². The summed E-state index contributed by atoms with van der Waals surface area (Å²) < 4.78 is 0. The summed E-state index contributed by atoms with van der Waals surface area (Å²) in [5.41, 5.74) is 0.804.